The number of hydrogen-bond donors (Lipinski definition) is 0. The molecule has 0 atom stereocenters. The van der Waals surface area contributed by atoms with Crippen LogP contribution in [0, 0.1) is 12.7 Å². The van der Waals surface area contributed by atoms with E-state index >= 15 is 0 Å². The zero-order valence-corrected chi connectivity index (χ0v) is 8.21. The molecular weight excluding hydrogens is 179 g/mol. The average Bonchev–Trinajstić information content (AvgIpc) is 2.15. The van der Waals surface area contributed by atoms with E-state index in [1.54, 1.807) is 6.07 Å². The van der Waals surface area contributed by atoms with Gasteiger partial charge in [0, 0.05) is 11.5 Å². The Hall–Kier alpha value is -1.51. The Kier molecular flexibility index (Phi) is 2.15. The lowest BCUT2D eigenvalue weighted by Gasteiger charge is -2.04. The highest BCUT2D eigenvalue weighted by molar-refractivity contribution is 5.80. The summed E-state index contributed by atoms with van der Waals surface area (Å²) < 4.78 is 12.9. The quantitative estimate of drug-likeness (QED) is 0.690. The molecular formula is C11H11FN2. The summed E-state index contributed by atoms with van der Waals surface area (Å²) in [4.78, 5) is 8.51. The fraction of sp³-hybridized carbons (Fsp3) is 0.273. The van der Waals surface area contributed by atoms with E-state index in [4.69, 9.17) is 0 Å². The van der Waals surface area contributed by atoms with Gasteiger partial charge in [-0.3, -0.25) is 0 Å². The van der Waals surface area contributed by atoms with Gasteiger partial charge in [0.15, 0.2) is 0 Å². The van der Waals surface area contributed by atoms with Crippen molar-refractivity contribution in [2.45, 2.75) is 20.3 Å². The van der Waals surface area contributed by atoms with Crippen molar-refractivity contribution >= 4 is 10.9 Å². The molecule has 0 unspecified atom stereocenters. The lowest BCUT2D eigenvalue weighted by atomic mass is 10.1. The molecule has 1 aromatic heterocycles. The zero-order valence-electron chi connectivity index (χ0n) is 8.21. The maximum absolute atomic E-state index is 12.9. The molecule has 1 aromatic carbocycles. The predicted molar refractivity (Wildman–Crippen MR) is 53.6 cm³/mol. The second-order valence-electron chi connectivity index (χ2n) is 3.23. The summed E-state index contributed by atoms with van der Waals surface area (Å²) in [5.41, 5.74) is 1.67. The average molecular weight is 190 g/mol. The van der Waals surface area contributed by atoms with Gasteiger partial charge in [0.05, 0.1) is 11.2 Å². The van der Waals surface area contributed by atoms with E-state index in [2.05, 4.69) is 9.97 Å². The molecule has 72 valence electrons. The minimum Gasteiger partial charge on any atom is -0.238 e. The highest BCUT2D eigenvalue weighted by atomic mass is 19.1. The third kappa shape index (κ3) is 1.45. The van der Waals surface area contributed by atoms with Crippen molar-refractivity contribution in [2.75, 3.05) is 0 Å². The van der Waals surface area contributed by atoms with Crippen molar-refractivity contribution in [3.8, 4) is 0 Å². The van der Waals surface area contributed by atoms with Crippen LogP contribution in [0.3, 0.4) is 0 Å². The van der Waals surface area contributed by atoms with Crippen LogP contribution in [0.5, 0.6) is 0 Å². The van der Waals surface area contributed by atoms with Crippen molar-refractivity contribution in [3.63, 3.8) is 0 Å². The molecule has 0 aliphatic heterocycles. The van der Waals surface area contributed by atoms with Crippen LogP contribution in [0.4, 0.5) is 4.39 Å². The molecule has 14 heavy (non-hydrogen) atoms. The number of nitrogens with zero attached hydrogens (tertiary/aromatic N) is 2. The molecule has 2 aromatic rings. The molecule has 0 spiro atoms. The van der Waals surface area contributed by atoms with E-state index in [0.29, 0.717) is 11.3 Å². The molecule has 0 radical (unpaired) electrons. The molecule has 0 aliphatic carbocycles. The third-order valence-electron chi connectivity index (χ3n) is 2.18. The van der Waals surface area contributed by atoms with Crippen LogP contribution < -0.4 is 0 Å². The number of halogens is 1. The van der Waals surface area contributed by atoms with Crippen LogP contribution >= 0.6 is 0 Å². The molecule has 3 heteroatoms. The standard InChI is InChI=1S/C11H11FN2/c1-3-10-9-5-4-8(12)6-11(9)14-7(2)13-10/h4-6H,3H2,1-2H3. The molecule has 0 saturated heterocycles. The first-order chi connectivity index (χ1) is 6.70. The van der Waals surface area contributed by atoms with Gasteiger partial charge in [0.25, 0.3) is 0 Å². The fourth-order valence-electron chi connectivity index (χ4n) is 1.57. The Morgan fingerprint density at radius 3 is 2.79 bits per heavy atom. The second-order valence-corrected chi connectivity index (χ2v) is 3.23. The maximum atomic E-state index is 12.9. The Bertz CT molecular complexity index is 475. The van der Waals surface area contributed by atoms with Crippen LogP contribution in [-0.2, 0) is 6.42 Å². The molecule has 0 amide bonds. The molecule has 1 heterocycles. The highest BCUT2D eigenvalue weighted by Gasteiger charge is 2.04. The summed E-state index contributed by atoms with van der Waals surface area (Å²) in [6.45, 7) is 3.86. The fourth-order valence-corrected chi connectivity index (χ4v) is 1.57. The normalized spacial score (nSPS) is 10.8. The maximum Gasteiger partial charge on any atom is 0.126 e. The SMILES string of the molecule is CCc1nc(C)nc2cc(F)ccc12. The van der Waals surface area contributed by atoms with Crippen molar-refractivity contribution in [3.05, 3.63) is 35.5 Å². The van der Waals surface area contributed by atoms with E-state index in [9.17, 15) is 4.39 Å². The zero-order chi connectivity index (χ0) is 10.1. The van der Waals surface area contributed by atoms with Crippen LogP contribution in [0.2, 0.25) is 0 Å². The van der Waals surface area contributed by atoms with Crippen LogP contribution in [0.15, 0.2) is 18.2 Å². The van der Waals surface area contributed by atoms with Gasteiger partial charge in [0.1, 0.15) is 11.6 Å². The lowest BCUT2D eigenvalue weighted by molar-refractivity contribution is 0.629. The van der Waals surface area contributed by atoms with Gasteiger partial charge in [-0.2, -0.15) is 0 Å². The first-order valence-electron chi connectivity index (χ1n) is 4.63. The van der Waals surface area contributed by atoms with E-state index in [0.717, 1.165) is 17.5 Å². The number of benzene rings is 1. The molecule has 0 aliphatic rings. The third-order valence-corrected chi connectivity index (χ3v) is 2.18. The van der Waals surface area contributed by atoms with Gasteiger partial charge in [0.2, 0.25) is 0 Å². The largest absolute Gasteiger partial charge is 0.238 e. The van der Waals surface area contributed by atoms with Crippen molar-refractivity contribution in [1.29, 1.82) is 0 Å². The monoisotopic (exact) mass is 190 g/mol. The molecule has 2 nitrogen and oxygen atoms in total. The topological polar surface area (TPSA) is 25.8 Å². The van der Waals surface area contributed by atoms with Crippen molar-refractivity contribution in [2.24, 2.45) is 0 Å². The van der Waals surface area contributed by atoms with Gasteiger partial charge >= 0.3 is 0 Å². The number of rotatable bonds is 1. The van der Waals surface area contributed by atoms with Gasteiger partial charge in [-0.25, -0.2) is 14.4 Å². The van der Waals surface area contributed by atoms with Gasteiger partial charge in [-0.15, -0.1) is 0 Å². The van der Waals surface area contributed by atoms with Gasteiger partial charge < -0.3 is 0 Å². The Morgan fingerprint density at radius 1 is 1.29 bits per heavy atom. The van der Waals surface area contributed by atoms with E-state index in [1.807, 2.05) is 13.8 Å². The molecule has 0 saturated carbocycles. The van der Waals surface area contributed by atoms with Crippen LogP contribution in [0.25, 0.3) is 10.9 Å². The number of fused-ring (bicyclic) bond motifs is 1. The summed E-state index contributed by atoms with van der Waals surface area (Å²) in [6, 6.07) is 4.63. The summed E-state index contributed by atoms with van der Waals surface area (Å²) in [6.07, 6.45) is 0.839. The molecule has 0 N–H and O–H groups in total. The highest BCUT2D eigenvalue weighted by Crippen LogP contribution is 2.17. The van der Waals surface area contributed by atoms with Crippen molar-refractivity contribution < 1.29 is 4.39 Å². The van der Waals surface area contributed by atoms with E-state index in [-0.39, 0.29) is 5.82 Å². The molecule has 0 fully saturated rings. The minimum absolute atomic E-state index is 0.252. The summed E-state index contributed by atoms with van der Waals surface area (Å²) >= 11 is 0. The van der Waals surface area contributed by atoms with E-state index < -0.39 is 0 Å². The minimum atomic E-state index is -0.252. The Morgan fingerprint density at radius 2 is 2.07 bits per heavy atom. The van der Waals surface area contributed by atoms with Crippen LogP contribution in [0.1, 0.15) is 18.4 Å². The van der Waals surface area contributed by atoms with Gasteiger partial charge in [-0.05, 0) is 25.5 Å². The van der Waals surface area contributed by atoms with Gasteiger partial charge in [-0.1, -0.05) is 6.92 Å². The Labute approximate surface area is 81.8 Å². The lowest BCUT2D eigenvalue weighted by Crippen LogP contribution is -1.96. The summed E-state index contributed by atoms with van der Waals surface area (Å²) in [7, 11) is 0. The number of aryl methyl sites for hydroxylation is 2. The molecule has 0 bridgehead atoms. The van der Waals surface area contributed by atoms with Crippen LogP contribution in [-0.4, -0.2) is 9.97 Å². The Balaban J connectivity index is 2.81. The number of hydrogen-bond acceptors (Lipinski definition) is 2. The summed E-state index contributed by atoms with van der Waals surface area (Å²) in [5.74, 6) is 0.442. The predicted octanol–water partition coefficient (Wildman–Crippen LogP) is 2.64. The summed E-state index contributed by atoms with van der Waals surface area (Å²) in [5, 5.41) is 0.944. The number of aromatic nitrogens is 2. The van der Waals surface area contributed by atoms with E-state index in [1.165, 1.54) is 12.1 Å². The smallest absolute Gasteiger partial charge is 0.126 e. The first kappa shape index (κ1) is 9.06. The first-order valence-corrected chi connectivity index (χ1v) is 4.63. The second kappa shape index (κ2) is 3.33. The molecule has 2 rings (SSSR count). The van der Waals surface area contributed by atoms with Crippen molar-refractivity contribution in [1.82, 2.24) is 9.97 Å².